The Hall–Kier alpha value is -6.61. The largest absolute Gasteiger partial charge is 0.508 e. The fraction of sp³-hybridized carbons (Fsp3) is 0.604. The number of aliphatic hydroxyl groups is 1. The van der Waals surface area contributed by atoms with Crippen molar-refractivity contribution in [3.63, 3.8) is 0 Å². The number of aromatic hydroxyl groups is 1. The van der Waals surface area contributed by atoms with Gasteiger partial charge in [0.2, 0.25) is 47.3 Å². The molecule has 1 saturated heterocycles. The monoisotopic (exact) mass is 1040 g/mol. The van der Waals surface area contributed by atoms with Crippen molar-refractivity contribution in [3.05, 3.63) is 65.7 Å². The second kappa shape index (κ2) is 30.6. The zero-order valence-electron chi connectivity index (χ0n) is 44.3. The number of carbonyl (C=O) groups is 9. The third-order valence-electron chi connectivity index (χ3n) is 12.7. The Balaban J connectivity index is 1.82. The van der Waals surface area contributed by atoms with Crippen molar-refractivity contribution in [3.8, 4) is 5.75 Å². The molecule has 410 valence electrons. The van der Waals surface area contributed by atoms with Gasteiger partial charge in [-0.25, -0.2) is 4.79 Å². The summed E-state index contributed by atoms with van der Waals surface area (Å²) in [5.41, 5.74) is 1.18. The highest BCUT2D eigenvalue weighted by Crippen LogP contribution is 2.16. The van der Waals surface area contributed by atoms with Crippen LogP contribution in [0, 0.1) is 23.7 Å². The molecule has 0 radical (unpaired) electrons. The van der Waals surface area contributed by atoms with Crippen LogP contribution >= 0.6 is 0 Å². The number of rotatable bonds is 30. The van der Waals surface area contributed by atoms with E-state index in [9.17, 15) is 58.5 Å². The van der Waals surface area contributed by atoms with E-state index in [-0.39, 0.29) is 55.1 Å². The van der Waals surface area contributed by atoms with Crippen molar-refractivity contribution in [2.45, 2.75) is 168 Å². The van der Waals surface area contributed by atoms with Gasteiger partial charge in [-0.15, -0.1) is 0 Å². The van der Waals surface area contributed by atoms with Gasteiger partial charge in [0, 0.05) is 12.8 Å². The summed E-state index contributed by atoms with van der Waals surface area (Å²) in [5, 5.41) is 54.5. The molecule has 1 aliphatic heterocycles. The molecule has 1 fully saturated rings. The first kappa shape index (κ1) is 61.7. The summed E-state index contributed by atoms with van der Waals surface area (Å²) in [5.74, 6) is -7.96. The van der Waals surface area contributed by atoms with E-state index in [0.717, 1.165) is 6.42 Å². The lowest BCUT2D eigenvalue weighted by Gasteiger charge is -2.29. The van der Waals surface area contributed by atoms with E-state index in [4.69, 9.17) is 0 Å². The zero-order valence-corrected chi connectivity index (χ0v) is 44.3. The maximum atomic E-state index is 14.3. The van der Waals surface area contributed by atoms with Gasteiger partial charge in [0.05, 0.1) is 12.6 Å². The molecule has 12 N–H and O–H groups in total. The number of hydrogen-bond donors (Lipinski definition) is 12. The maximum Gasteiger partial charge on any atom is 0.326 e. The lowest BCUT2D eigenvalue weighted by atomic mass is 9.96. The Bertz CT molecular complexity index is 2190. The van der Waals surface area contributed by atoms with E-state index in [1.807, 2.05) is 27.7 Å². The van der Waals surface area contributed by atoms with Gasteiger partial charge in [-0.1, -0.05) is 104 Å². The standard InChI is InChI=1S/C53H81N9O12/c1-10-32(8)44(62-50(70)41(27-35-18-20-36(64)21-19-35)56-45(65)33(9)55-47(67)38(23-29(2)3)57-46(66)37-17-14-22-54-37)52(72)61-43(28-63)51(71)58-39(24-30(4)5)48(68)59-40(26-34-15-12-11-13-16-34)49(69)60-42(53(73)74)25-31(6)7/h11-13,15-16,18-21,29-33,37-44,54,63-64H,10,14,17,22-28H2,1-9H3,(H,55,67)(H,56,65)(H,57,66)(H,58,71)(H,59,68)(H,60,69)(H,61,72)(H,62,70)(H,73,74)/t32-,33-,37-,38-,39-,40-,41-,42-,43-,44-/m0/s1. The van der Waals surface area contributed by atoms with Crippen molar-refractivity contribution >= 4 is 53.2 Å². The molecule has 10 atom stereocenters. The minimum absolute atomic E-state index is 0.0119. The molecule has 0 spiro atoms. The molecule has 8 amide bonds. The van der Waals surface area contributed by atoms with Crippen LogP contribution in [0.3, 0.4) is 0 Å². The molecule has 21 heteroatoms. The molecule has 2 aromatic carbocycles. The summed E-state index contributed by atoms with van der Waals surface area (Å²) in [6.07, 6.45) is 2.14. The molecule has 21 nitrogen and oxygen atoms in total. The third-order valence-corrected chi connectivity index (χ3v) is 12.7. The number of phenols is 1. The molecule has 0 aliphatic carbocycles. The van der Waals surface area contributed by atoms with Crippen LogP contribution in [0.15, 0.2) is 54.6 Å². The zero-order chi connectivity index (χ0) is 55.2. The van der Waals surface area contributed by atoms with Gasteiger partial charge in [0.1, 0.15) is 54.1 Å². The summed E-state index contributed by atoms with van der Waals surface area (Å²) < 4.78 is 0. The fourth-order valence-corrected chi connectivity index (χ4v) is 8.32. The van der Waals surface area contributed by atoms with Crippen LogP contribution in [0.5, 0.6) is 5.75 Å². The second-order valence-corrected chi connectivity index (χ2v) is 20.6. The van der Waals surface area contributed by atoms with E-state index in [0.29, 0.717) is 36.9 Å². The molecule has 0 saturated carbocycles. The summed E-state index contributed by atoms with van der Waals surface area (Å²) in [7, 11) is 0. The summed E-state index contributed by atoms with van der Waals surface area (Å²) >= 11 is 0. The molecule has 1 aliphatic rings. The number of benzene rings is 2. The SMILES string of the molecule is CC[C@H](C)[C@H](NC(=O)[C@H](Cc1ccc(O)cc1)NC(=O)[C@H](C)NC(=O)[C@H](CC(C)C)NC(=O)[C@@H]1CCCN1)C(=O)N[C@@H](CO)C(=O)N[C@@H](CC(C)C)C(=O)N[C@@H](Cc1ccccc1)C(=O)N[C@@H](CC(C)C)C(=O)O. The van der Waals surface area contributed by atoms with E-state index in [1.54, 1.807) is 70.2 Å². The van der Waals surface area contributed by atoms with Gasteiger partial charge in [-0.3, -0.25) is 38.4 Å². The minimum Gasteiger partial charge on any atom is -0.508 e. The quantitative estimate of drug-likeness (QED) is 0.0522. The number of carboxylic acid groups (broad SMARTS) is 1. The second-order valence-electron chi connectivity index (χ2n) is 20.6. The predicted octanol–water partition coefficient (Wildman–Crippen LogP) is 1.09. The highest BCUT2D eigenvalue weighted by molar-refractivity contribution is 5.98. The first-order valence-electron chi connectivity index (χ1n) is 25.7. The van der Waals surface area contributed by atoms with Crippen molar-refractivity contribution in [1.29, 1.82) is 0 Å². The Morgan fingerprint density at radius 3 is 1.50 bits per heavy atom. The molecule has 0 aromatic heterocycles. The van der Waals surface area contributed by atoms with Gasteiger partial charge in [-0.05, 0) is 92.5 Å². The van der Waals surface area contributed by atoms with Crippen LogP contribution in [0.2, 0.25) is 0 Å². The van der Waals surface area contributed by atoms with Crippen molar-refractivity contribution in [2.75, 3.05) is 13.2 Å². The van der Waals surface area contributed by atoms with Gasteiger partial charge >= 0.3 is 5.97 Å². The van der Waals surface area contributed by atoms with Crippen molar-refractivity contribution in [2.24, 2.45) is 23.7 Å². The summed E-state index contributed by atoms with van der Waals surface area (Å²) in [4.78, 5) is 122. The molecule has 0 unspecified atom stereocenters. The van der Waals surface area contributed by atoms with Crippen molar-refractivity contribution in [1.82, 2.24) is 47.9 Å². The Labute approximate surface area is 434 Å². The van der Waals surface area contributed by atoms with Crippen LogP contribution in [0.25, 0.3) is 0 Å². The van der Waals surface area contributed by atoms with Gasteiger partial charge in [-0.2, -0.15) is 0 Å². The van der Waals surface area contributed by atoms with Crippen LogP contribution in [-0.2, 0) is 56.0 Å². The molecule has 3 rings (SSSR count). The van der Waals surface area contributed by atoms with Crippen LogP contribution in [-0.4, -0.2) is 136 Å². The molecular weight excluding hydrogens is 955 g/mol. The molecule has 2 aromatic rings. The highest BCUT2D eigenvalue weighted by atomic mass is 16.4. The topological polar surface area (TPSA) is 323 Å². The molecule has 1 heterocycles. The number of amides is 8. The Kier molecular flexibility index (Phi) is 25.5. The van der Waals surface area contributed by atoms with Crippen LogP contribution < -0.4 is 47.9 Å². The van der Waals surface area contributed by atoms with Crippen molar-refractivity contribution < 1.29 is 58.5 Å². The number of hydrogen-bond acceptors (Lipinski definition) is 12. The van der Waals surface area contributed by atoms with E-state index in [1.165, 1.54) is 19.1 Å². The summed E-state index contributed by atoms with van der Waals surface area (Å²) in [6.45, 7) is 15.6. The van der Waals surface area contributed by atoms with Gasteiger partial charge in [0.15, 0.2) is 0 Å². The first-order chi connectivity index (χ1) is 34.9. The number of carbonyl (C=O) groups excluding carboxylic acids is 8. The number of aliphatic hydroxyl groups excluding tert-OH is 1. The highest BCUT2D eigenvalue weighted by Gasteiger charge is 2.36. The van der Waals surface area contributed by atoms with Gasteiger partial charge in [0.25, 0.3) is 0 Å². The molecule has 0 bridgehead atoms. The third kappa shape index (κ3) is 20.7. The number of nitrogens with one attached hydrogen (secondary N) is 9. The number of phenolic OH excluding ortho intramolecular Hbond substituents is 1. The fourth-order valence-electron chi connectivity index (χ4n) is 8.32. The number of carboxylic acids is 1. The maximum absolute atomic E-state index is 14.3. The summed E-state index contributed by atoms with van der Waals surface area (Å²) in [6, 6.07) is 3.95. The predicted molar refractivity (Wildman–Crippen MR) is 277 cm³/mol. The smallest absolute Gasteiger partial charge is 0.326 e. The van der Waals surface area contributed by atoms with Gasteiger partial charge < -0.3 is 63.2 Å². The Morgan fingerprint density at radius 1 is 0.541 bits per heavy atom. The average molecular weight is 1040 g/mol. The van der Waals surface area contributed by atoms with E-state index in [2.05, 4.69) is 47.9 Å². The normalized spacial score (nSPS) is 17.0. The number of aliphatic carboxylic acids is 1. The molecular formula is C53H81N9O12. The average Bonchev–Trinajstić information content (AvgIpc) is 3.89. The lowest BCUT2D eigenvalue weighted by Crippen LogP contribution is -2.62. The first-order valence-corrected chi connectivity index (χ1v) is 25.7. The van der Waals surface area contributed by atoms with E-state index < -0.39 is 114 Å². The van der Waals surface area contributed by atoms with Crippen LogP contribution in [0.4, 0.5) is 0 Å². The lowest BCUT2D eigenvalue weighted by molar-refractivity contribution is -0.143. The molecule has 74 heavy (non-hydrogen) atoms. The Morgan fingerprint density at radius 2 is 0.986 bits per heavy atom. The minimum atomic E-state index is -1.64. The van der Waals surface area contributed by atoms with Crippen LogP contribution in [0.1, 0.15) is 112 Å². The van der Waals surface area contributed by atoms with E-state index >= 15 is 0 Å².